The van der Waals surface area contributed by atoms with E-state index in [1.165, 1.54) is 0 Å². The highest BCUT2D eigenvalue weighted by Crippen LogP contribution is 2.49. The van der Waals surface area contributed by atoms with Gasteiger partial charge in [0.15, 0.2) is 8.32 Å². The Morgan fingerprint density at radius 1 is 1.18 bits per heavy atom. The number of epoxide rings is 1. The standard InChI is InChI=1S/C13H20O3Si/c1-10-13(15-10,16-17(3,4)5)11-6-8-12(14-2)9-7-11/h6-10H,1-5H3. The summed E-state index contributed by atoms with van der Waals surface area (Å²) >= 11 is 0. The van der Waals surface area contributed by atoms with Crippen LogP contribution in [-0.2, 0) is 14.9 Å². The van der Waals surface area contributed by atoms with Gasteiger partial charge in [0.2, 0.25) is 5.79 Å². The summed E-state index contributed by atoms with van der Waals surface area (Å²) in [6, 6.07) is 7.92. The van der Waals surface area contributed by atoms with Crippen LogP contribution in [-0.4, -0.2) is 21.5 Å². The van der Waals surface area contributed by atoms with Gasteiger partial charge in [-0.25, -0.2) is 0 Å². The molecule has 2 atom stereocenters. The number of hydrogen-bond donors (Lipinski definition) is 0. The van der Waals surface area contributed by atoms with E-state index in [-0.39, 0.29) is 6.10 Å². The monoisotopic (exact) mass is 252 g/mol. The second-order valence-electron chi connectivity index (χ2n) is 5.37. The van der Waals surface area contributed by atoms with E-state index in [2.05, 4.69) is 19.6 Å². The molecule has 17 heavy (non-hydrogen) atoms. The summed E-state index contributed by atoms with van der Waals surface area (Å²) < 4.78 is 17.1. The predicted octanol–water partition coefficient (Wildman–Crippen LogP) is 3.12. The van der Waals surface area contributed by atoms with Crippen LogP contribution in [0.1, 0.15) is 12.5 Å². The molecule has 0 aliphatic carbocycles. The molecule has 1 heterocycles. The highest BCUT2D eigenvalue weighted by Gasteiger charge is 2.58. The minimum Gasteiger partial charge on any atom is -0.497 e. The Morgan fingerprint density at radius 3 is 2.06 bits per heavy atom. The largest absolute Gasteiger partial charge is 0.497 e. The first kappa shape index (κ1) is 12.6. The fourth-order valence-electron chi connectivity index (χ4n) is 1.98. The molecule has 4 heteroatoms. The van der Waals surface area contributed by atoms with E-state index >= 15 is 0 Å². The molecule has 1 fully saturated rings. The minimum absolute atomic E-state index is 0.127. The van der Waals surface area contributed by atoms with Gasteiger partial charge in [0.25, 0.3) is 0 Å². The van der Waals surface area contributed by atoms with Gasteiger partial charge >= 0.3 is 0 Å². The van der Waals surface area contributed by atoms with Crippen molar-refractivity contribution in [2.75, 3.05) is 7.11 Å². The summed E-state index contributed by atoms with van der Waals surface area (Å²) in [4.78, 5) is 0. The zero-order valence-electron chi connectivity index (χ0n) is 11.1. The van der Waals surface area contributed by atoms with E-state index in [4.69, 9.17) is 13.9 Å². The van der Waals surface area contributed by atoms with Crippen molar-refractivity contribution in [2.24, 2.45) is 0 Å². The molecular formula is C13H20O3Si. The van der Waals surface area contributed by atoms with E-state index in [0.717, 1.165) is 11.3 Å². The van der Waals surface area contributed by atoms with Crippen LogP contribution in [0.2, 0.25) is 19.6 Å². The SMILES string of the molecule is COc1ccc(C2(O[Si](C)(C)C)OC2C)cc1. The molecule has 2 rings (SSSR count). The van der Waals surface area contributed by atoms with Crippen molar-refractivity contribution in [3.63, 3.8) is 0 Å². The lowest BCUT2D eigenvalue weighted by Gasteiger charge is -2.24. The molecule has 1 aliphatic rings. The molecule has 2 unspecified atom stereocenters. The first-order valence-electron chi connectivity index (χ1n) is 5.90. The topological polar surface area (TPSA) is 31.0 Å². The Bertz CT molecular complexity index is 396. The van der Waals surface area contributed by atoms with Crippen LogP contribution in [0.15, 0.2) is 24.3 Å². The number of methoxy groups -OCH3 is 1. The summed E-state index contributed by atoms with van der Waals surface area (Å²) in [6.45, 7) is 8.57. The third-order valence-corrected chi connectivity index (χ3v) is 3.70. The van der Waals surface area contributed by atoms with Crippen LogP contribution in [0.3, 0.4) is 0 Å². The summed E-state index contributed by atoms with van der Waals surface area (Å²) in [5.41, 5.74) is 1.08. The van der Waals surface area contributed by atoms with Gasteiger partial charge in [0, 0.05) is 5.56 Å². The molecule has 0 radical (unpaired) electrons. The van der Waals surface area contributed by atoms with Gasteiger partial charge in [0.05, 0.1) is 7.11 Å². The van der Waals surface area contributed by atoms with E-state index < -0.39 is 14.1 Å². The van der Waals surface area contributed by atoms with E-state index in [1.807, 2.05) is 31.2 Å². The Labute approximate surface area is 104 Å². The Hall–Kier alpha value is -0.843. The lowest BCUT2D eigenvalue weighted by atomic mass is 10.1. The number of hydrogen-bond acceptors (Lipinski definition) is 3. The minimum atomic E-state index is -1.63. The molecule has 0 N–H and O–H groups in total. The average molecular weight is 252 g/mol. The third kappa shape index (κ3) is 2.54. The van der Waals surface area contributed by atoms with Crippen LogP contribution < -0.4 is 4.74 Å². The zero-order valence-corrected chi connectivity index (χ0v) is 12.1. The Morgan fingerprint density at radius 2 is 1.71 bits per heavy atom. The summed E-state index contributed by atoms with van der Waals surface area (Å²) in [5, 5.41) is 0. The molecule has 0 bridgehead atoms. The van der Waals surface area contributed by atoms with Crippen molar-refractivity contribution in [1.82, 2.24) is 0 Å². The van der Waals surface area contributed by atoms with Crippen molar-refractivity contribution in [1.29, 1.82) is 0 Å². The molecule has 0 spiro atoms. The summed E-state index contributed by atoms with van der Waals surface area (Å²) in [6.07, 6.45) is 0.127. The van der Waals surface area contributed by atoms with Crippen LogP contribution in [0.5, 0.6) is 5.75 Å². The van der Waals surface area contributed by atoms with Gasteiger partial charge in [-0.05, 0) is 50.8 Å². The molecule has 0 amide bonds. The van der Waals surface area contributed by atoms with Crippen LogP contribution in [0, 0.1) is 0 Å². The molecular weight excluding hydrogens is 232 g/mol. The third-order valence-electron chi connectivity index (χ3n) is 2.78. The van der Waals surface area contributed by atoms with E-state index in [1.54, 1.807) is 7.11 Å². The summed E-state index contributed by atoms with van der Waals surface area (Å²) in [7, 11) is 0.0334. The maximum absolute atomic E-state index is 6.18. The number of ether oxygens (including phenoxy) is 2. The van der Waals surface area contributed by atoms with E-state index in [9.17, 15) is 0 Å². The second kappa shape index (κ2) is 4.12. The van der Waals surface area contributed by atoms with Gasteiger partial charge in [0.1, 0.15) is 11.9 Å². The van der Waals surface area contributed by atoms with Crippen LogP contribution >= 0.6 is 0 Å². The lowest BCUT2D eigenvalue weighted by molar-refractivity contribution is 0.0520. The predicted molar refractivity (Wildman–Crippen MR) is 69.7 cm³/mol. The maximum atomic E-state index is 6.18. The molecule has 1 saturated heterocycles. The first-order valence-corrected chi connectivity index (χ1v) is 9.31. The van der Waals surface area contributed by atoms with Crippen LogP contribution in [0.4, 0.5) is 0 Å². The molecule has 0 saturated carbocycles. The normalized spacial score (nSPS) is 27.9. The van der Waals surface area contributed by atoms with Gasteiger partial charge in [-0.3, -0.25) is 0 Å². The van der Waals surface area contributed by atoms with Gasteiger partial charge in [-0.15, -0.1) is 0 Å². The average Bonchev–Trinajstić information content (AvgIpc) is 2.87. The van der Waals surface area contributed by atoms with Crippen molar-refractivity contribution < 1.29 is 13.9 Å². The molecule has 1 aliphatic heterocycles. The van der Waals surface area contributed by atoms with Gasteiger partial charge < -0.3 is 13.9 Å². The molecule has 1 aromatic carbocycles. The number of rotatable bonds is 4. The molecule has 3 nitrogen and oxygen atoms in total. The molecule has 94 valence electrons. The van der Waals surface area contributed by atoms with Crippen molar-refractivity contribution in [3.8, 4) is 5.75 Å². The fraction of sp³-hybridized carbons (Fsp3) is 0.538. The second-order valence-corrected chi connectivity index (χ2v) is 9.80. The van der Waals surface area contributed by atoms with E-state index in [0.29, 0.717) is 0 Å². The smallest absolute Gasteiger partial charge is 0.213 e. The maximum Gasteiger partial charge on any atom is 0.213 e. The Balaban J connectivity index is 2.23. The molecule has 1 aromatic rings. The zero-order chi connectivity index (χ0) is 12.7. The first-order chi connectivity index (χ1) is 7.87. The van der Waals surface area contributed by atoms with Crippen molar-refractivity contribution in [3.05, 3.63) is 29.8 Å². The summed E-state index contributed by atoms with van der Waals surface area (Å²) in [5.74, 6) is 0.335. The highest BCUT2D eigenvalue weighted by molar-refractivity contribution is 6.69. The van der Waals surface area contributed by atoms with Crippen LogP contribution in [0.25, 0.3) is 0 Å². The van der Waals surface area contributed by atoms with Gasteiger partial charge in [-0.2, -0.15) is 0 Å². The van der Waals surface area contributed by atoms with Gasteiger partial charge in [-0.1, -0.05) is 0 Å². The highest BCUT2D eigenvalue weighted by atomic mass is 28.4. The molecule has 0 aromatic heterocycles. The lowest BCUT2D eigenvalue weighted by Crippen LogP contribution is -2.33. The number of benzene rings is 1. The fourth-order valence-corrected chi connectivity index (χ4v) is 3.22. The Kier molecular flexibility index (Phi) is 3.06. The quantitative estimate of drug-likeness (QED) is 0.609. The van der Waals surface area contributed by atoms with Crippen molar-refractivity contribution >= 4 is 8.32 Å². The van der Waals surface area contributed by atoms with Crippen molar-refractivity contribution in [2.45, 2.75) is 38.5 Å².